The summed E-state index contributed by atoms with van der Waals surface area (Å²) in [6.07, 6.45) is 8.84. The van der Waals surface area contributed by atoms with Crippen molar-refractivity contribution in [2.24, 2.45) is 5.92 Å². The Morgan fingerprint density at radius 2 is 2.47 bits per heavy atom. The summed E-state index contributed by atoms with van der Waals surface area (Å²) < 4.78 is 5.65. The minimum Gasteiger partial charge on any atom is -0.377 e. The molecule has 1 aromatic rings. The van der Waals surface area contributed by atoms with Gasteiger partial charge in [0.15, 0.2) is 0 Å². The van der Waals surface area contributed by atoms with Gasteiger partial charge in [-0.15, -0.1) is 0 Å². The van der Waals surface area contributed by atoms with Crippen LogP contribution in [0.15, 0.2) is 24.5 Å². The Labute approximate surface area is 104 Å². The van der Waals surface area contributed by atoms with Gasteiger partial charge < -0.3 is 10.1 Å². The summed E-state index contributed by atoms with van der Waals surface area (Å²) in [5.74, 6) is 0.866. The zero-order valence-corrected chi connectivity index (χ0v) is 10.4. The Kier molecular flexibility index (Phi) is 5.46. The predicted octanol–water partition coefficient (Wildman–Crippen LogP) is 2.38. The molecule has 0 radical (unpaired) electrons. The maximum atomic E-state index is 5.65. The standard InChI is InChI=1S/C14H22N2O/c1-4-13(10-15-7-1)6-3-9-17-12-14-5-2-8-16-11-14/h2,5,8,11,13,15H,1,3-4,6-7,9-10,12H2. The molecule has 0 spiro atoms. The molecule has 0 aromatic carbocycles. The smallest absolute Gasteiger partial charge is 0.0731 e. The monoisotopic (exact) mass is 234 g/mol. The minimum atomic E-state index is 0.691. The highest BCUT2D eigenvalue weighted by molar-refractivity contribution is 5.06. The second-order valence-corrected chi connectivity index (χ2v) is 4.77. The van der Waals surface area contributed by atoms with Gasteiger partial charge in [-0.25, -0.2) is 0 Å². The van der Waals surface area contributed by atoms with Gasteiger partial charge in [0.25, 0.3) is 0 Å². The van der Waals surface area contributed by atoms with Crippen LogP contribution in [-0.4, -0.2) is 24.7 Å². The van der Waals surface area contributed by atoms with Crippen molar-refractivity contribution in [2.45, 2.75) is 32.3 Å². The molecule has 1 aromatic heterocycles. The molecule has 1 saturated heterocycles. The molecule has 3 nitrogen and oxygen atoms in total. The van der Waals surface area contributed by atoms with E-state index in [2.05, 4.69) is 16.4 Å². The molecule has 1 atom stereocenters. The quantitative estimate of drug-likeness (QED) is 0.767. The van der Waals surface area contributed by atoms with E-state index in [-0.39, 0.29) is 0 Å². The van der Waals surface area contributed by atoms with E-state index >= 15 is 0 Å². The maximum Gasteiger partial charge on any atom is 0.0731 e. The fourth-order valence-corrected chi connectivity index (χ4v) is 2.32. The molecule has 1 aliphatic rings. The summed E-state index contributed by atoms with van der Waals surface area (Å²) in [5, 5.41) is 3.45. The van der Waals surface area contributed by atoms with Crippen molar-refractivity contribution in [3.8, 4) is 0 Å². The first-order valence-corrected chi connectivity index (χ1v) is 6.62. The van der Waals surface area contributed by atoms with Crippen LogP contribution in [0.5, 0.6) is 0 Å². The van der Waals surface area contributed by atoms with Gasteiger partial charge in [0.1, 0.15) is 0 Å². The topological polar surface area (TPSA) is 34.1 Å². The van der Waals surface area contributed by atoms with E-state index in [1.807, 2.05) is 12.3 Å². The van der Waals surface area contributed by atoms with Crippen molar-refractivity contribution in [1.29, 1.82) is 0 Å². The zero-order chi connectivity index (χ0) is 11.8. The Hall–Kier alpha value is -0.930. The molecular formula is C14H22N2O. The first-order chi connectivity index (χ1) is 8.45. The van der Waals surface area contributed by atoms with Crippen LogP contribution in [0.2, 0.25) is 0 Å². The highest BCUT2D eigenvalue weighted by atomic mass is 16.5. The van der Waals surface area contributed by atoms with Crippen LogP contribution in [-0.2, 0) is 11.3 Å². The number of nitrogens with one attached hydrogen (secondary N) is 1. The van der Waals surface area contributed by atoms with Gasteiger partial charge in [-0.05, 0) is 56.3 Å². The summed E-state index contributed by atoms with van der Waals surface area (Å²) in [4.78, 5) is 4.07. The summed E-state index contributed by atoms with van der Waals surface area (Å²) in [6.45, 7) is 3.96. The van der Waals surface area contributed by atoms with Crippen LogP contribution in [0.25, 0.3) is 0 Å². The Morgan fingerprint density at radius 1 is 1.47 bits per heavy atom. The van der Waals surface area contributed by atoms with Gasteiger partial charge >= 0.3 is 0 Å². The first-order valence-electron chi connectivity index (χ1n) is 6.62. The molecule has 2 rings (SSSR count). The summed E-state index contributed by atoms with van der Waals surface area (Å²) in [7, 11) is 0. The van der Waals surface area contributed by atoms with Crippen molar-refractivity contribution < 1.29 is 4.74 Å². The Morgan fingerprint density at radius 3 is 3.24 bits per heavy atom. The molecule has 94 valence electrons. The van der Waals surface area contributed by atoms with E-state index in [0.29, 0.717) is 6.61 Å². The lowest BCUT2D eigenvalue weighted by molar-refractivity contribution is 0.112. The minimum absolute atomic E-state index is 0.691. The molecule has 1 N–H and O–H groups in total. The summed E-state index contributed by atoms with van der Waals surface area (Å²) in [6, 6.07) is 4.00. The van der Waals surface area contributed by atoms with E-state index in [1.165, 1.54) is 38.8 Å². The van der Waals surface area contributed by atoms with Crippen molar-refractivity contribution in [3.63, 3.8) is 0 Å². The fraction of sp³-hybridized carbons (Fsp3) is 0.643. The molecule has 0 aliphatic carbocycles. The van der Waals surface area contributed by atoms with Crippen molar-refractivity contribution >= 4 is 0 Å². The van der Waals surface area contributed by atoms with Crippen LogP contribution in [0.4, 0.5) is 0 Å². The Bertz CT molecular complexity index is 296. The maximum absolute atomic E-state index is 5.65. The van der Waals surface area contributed by atoms with Crippen molar-refractivity contribution in [1.82, 2.24) is 10.3 Å². The number of ether oxygens (including phenoxy) is 1. The third kappa shape index (κ3) is 4.84. The third-order valence-corrected chi connectivity index (χ3v) is 3.29. The van der Waals surface area contributed by atoms with E-state index in [9.17, 15) is 0 Å². The number of piperidine rings is 1. The van der Waals surface area contributed by atoms with Crippen LogP contribution >= 0.6 is 0 Å². The molecule has 2 heterocycles. The van der Waals surface area contributed by atoms with Gasteiger partial charge in [0, 0.05) is 19.0 Å². The summed E-state index contributed by atoms with van der Waals surface area (Å²) >= 11 is 0. The number of hydrogen-bond donors (Lipinski definition) is 1. The van der Waals surface area contributed by atoms with E-state index in [0.717, 1.165) is 18.1 Å². The first kappa shape index (κ1) is 12.5. The van der Waals surface area contributed by atoms with Gasteiger partial charge in [-0.2, -0.15) is 0 Å². The molecule has 1 aliphatic heterocycles. The van der Waals surface area contributed by atoms with Crippen LogP contribution < -0.4 is 5.32 Å². The molecule has 0 amide bonds. The second kappa shape index (κ2) is 7.41. The lowest BCUT2D eigenvalue weighted by Gasteiger charge is -2.22. The molecular weight excluding hydrogens is 212 g/mol. The van der Waals surface area contributed by atoms with Gasteiger partial charge in [-0.3, -0.25) is 4.98 Å². The summed E-state index contributed by atoms with van der Waals surface area (Å²) in [5.41, 5.74) is 1.16. The number of nitrogens with zero attached hydrogens (tertiary/aromatic N) is 1. The number of hydrogen-bond acceptors (Lipinski definition) is 3. The molecule has 0 bridgehead atoms. The average molecular weight is 234 g/mol. The van der Waals surface area contributed by atoms with E-state index in [1.54, 1.807) is 6.20 Å². The normalized spacial score (nSPS) is 20.4. The Balaban J connectivity index is 1.51. The zero-order valence-electron chi connectivity index (χ0n) is 10.4. The average Bonchev–Trinajstić information content (AvgIpc) is 2.41. The SMILES string of the molecule is c1cncc(COCCCC2CCCNC2)c1. The lowest BCUT2D eigenvalue weighted by atomic mass is 9.95. The molecule has 1 fully saturated rings. The van der Waals surface area contributed by atoms with Crippen LogP contribution in [0.3, 0.4) is 0 Å². The number of rotatable bonds is 6. The second-order valence-electron chi connectivity index (χ2n) is 4.77. The van der Waals surface area contributed by atoms with Gasteiger partial charge in [-0.1, -0.05) is 6.07 Å². The number of aromatic nitrogens is 1. The third-order valence-electron chi connectivity index (χ3n) is 3.29. The predicted molar refractivity (Wildman–Crippen MR) is 68.7 cm³/mol. The highest BCUT2D eigenvalue weighted by Gasteiger charge is 2.11. The van der Waals surface area contributed by atoms with Crippen LogP contribution in [0, 0.1) is 5.92 Å². The van der Waals surface area contributed by atoms with Gasteiger partial charge in [0.05, 0.1) is 6.61 Å². The molecule has 17 heavy (non-hydrogen) atoms. The fourth-order valence-electron chi connectivity index (χ4n) is 2.32. The lowest BCUT2D eigenvalue weighted by Crippen LogP contribution is -2.29. The van der Waals surface area contributed by atoms with Crippen molar-refractivity contribution in [2.75, 3.05) is 19.7 Å². The van der Waals surface area contributed by atoms with Crippen molar-refractivity contribution in [3.05, 3.63) is 30.1 Å². The molecule has 3 heteroatoms. The van der Waals surface area contributed by atoms with E-state index in [4.69, 9.17) is 4.74 Å². The largest absolute Gasteiger partial charge is 0.377 e. The highest BCUT2D eigenvalue weighted by Crippen LogP contribution is 2.15. The molecule has 1 unspecified atom stereocenters. The van der Waals surface area contributed by atoms with Gasteiger partial charge in [0.2, 0.25) is 0 Å². The van der Waals surface area contributed by atoms with Crippen LogP contribution in [0.1, 0.15) is 31.2 Å². The molecule has 0 saturated carbocycles. The van der Waals surface area contributed by atoms with E-state index < -0.39 is 0 Å². The number of pyridine rings is 1.